The van der Waals surface area contributed by atoms with Crippen LogP contribution in [0.2, 0.25) is 0 Å². The summed E-state index contributed by atoms with van der Waals surface area (Å²) >= 11 is 1.62. The number of aryl methyl sites for hydroxylation is 1. The van der Waals surface area contributed by atoms with Crippen molar-refractivity contribution in [3.63, 3.8) is 0 Å². The normalized spacial score (nSPS) is 10.6. The smallest absolute Gasteiger partial charge is 0.123 e. The summed E-state index contributed by atoms with van der Waals surface area (Å²) in [4.78, 5) is 4.33. The highest BCUT2D eigenvalue weighted by Crippen LogP contribution is 2.22. The molecule has 0 saturated heterocycles. The van der Waals surface area contributed by atoms with Crippen LogP contribution in [0.25, 0.3) is 0 Å². The molecule has 0 bridgehead atoms. The molecule has 5 heteroatoms. The molecule has 1 aromatic heterocycles. The fourth-order valence-corrected chi connectivity index (χ4v) is 2.23. The number of phenolic OH excluding ortho intramolecular Hbond substituents is 2. The number of thiazole rings is 1. The van der Waals surface area contributed by atoms with Gasteiger partial charge in [-0.1, -0.05) is 6.07 Å². The molecule has 1 heterocycles. The van der Waals surface area contributed by atoms with Crippen molar-refractivity contribution in [2.24, 2.45) is 0 Å². The van der Waals surface area contributed by atoms with Crippen molar-refractivity contribution in [2.45, 2.75) is 20.0 Å². The predicted molar refractivity (Wildman–Crippen MR) is 67.2 cm³/mol. The summed E-state index contributed by atoms with van der Waals surface area (Å²) < 4.78 is 0. The number of hydrogen-bond acceptors (Lipinski definition) is 5. The molecule has 0 unspecified atom stereocenters. The molecule has 0 radical (unpaired) electrons. The van der Waals surface area contributed by atoms with Crippen LogP contribution >= 0.6 is 11.3 Å². The van der Waals surface area contributed by atoms with Gasteiger partial charge in [-0.3, -0.25) is 0 Å². The number of rotatable bonds is 4. The quantitative estimate of drug-likeness (QED) is 0.778. The maximum absolute atomic E-state index is 9.58. The van der Waals surface area contributed by atoms with Crippen LogP contribution < -0.4 is 5.32 Å². The fraction of sp³-hybridized carbons (Fsp3) is 0.250. The van der Waals surface area contributed by atoms with Crippen LogP contribution in [0.5, 0.6) is 11.5 Å². The van der Waals surface area contributed by atoms with E-state index in [1.807, 2.05) is 12.3 Å². The van der Waals surface area contributed by atoms with E-state index in [1.54, 1.807) is 23.5 Å². The van der Waals surface area contributed by atoms with Crippen LogP contribution in [-0.2, 0) is 13.1 Å². The van der Waals surface area contributed by atoms with Gasteiger partial charge in [0.1, 0.15) is 16.5 Å². The first-order valence-electron chi connectivity index (χ1n) is 5.28. The molecule has 3 N–H and O–H groups in total. The molecule has 0 fully saturated rings. The lowest BCUT2D eigenvalue weighted by Crippen LogP contribution is -2.12. The second-order valence-electron chi connectivity index (χ2n) is 3.80. The second kappa shape index (κ2) is 5.16. The Labute approximate surface area is 104 Å². The summed E-state index contributed by atoms with van der Waals surface area (Å²) in [7, 11) is 0. The molecule has 2 aromatic rings. The van der Waals surface area contributed by atoms with Crippen molar-refractivity contribution in [3.05, 3.63) is 39.8 Å². The Kier molecular flexibility index (Phi) is 3.61. The molecule has 17 heavy (non-hydrogen) atoms. The van der Waals surface area contributed by atoms with Crippen LogP contribution in [0.1, 0.15) is 16.3 Å². The number of nitrogens with one attached hydrogen (secondary N) is 1. The van der Waals surface area contributed by atoms with Crippen LogP contribution in [-0.4, -0.2) is 15.2 Å². The van der Waals surface area contributed by atoms with Gasteiger partial charge < -0.3 is 15.5 Å². The first-order valence-corrected chi connectivity index (χ1v) is 6.15. The van der Waals surface area contributed by atoms with E-state index in [4.69, 9.17) is 5.11 Å². The monoisotopic (exact) mass is 250 g/mol. The highest BCUT2D eigenvalue weighted by molar-refractivity contribution is 7.09. The summed E-state index contributed by atoms with van der Waals surface area (Å²) in [5.74, 6) is 0.176. The number of aromatic nitrogens is 1. The molecular formula is C12H14N2O2S. The molecule has 4 nitrogen and oxygen atoms in total. The number of hydrogen-bond donors (Lipinski definition) is 3. The van der Waals surface area contributed by atoms with Gasteiger partial charge in [-0.25, -0.2) is 4.98 Å². The van der Waals surface area contributed by atoms with E-state index in [2.05, 4.69) is 10.3 Å². The van der Waals surface area contributed by atoms with Crippen molar-refractivity contribution in [2.75, 3.05) is 0 Å². The van der Waals surface area contributed by atoms with Gasteiger partial charge in [0.25, 0.3) is 0 Å². The van der Waals surface area contributed by atoms with Crippen LogP contribution in [0, 0.1) is 6.92 Å². The molecule has 1 aromatic carbocycles. The first-order chi connectivity index (χ1) is 8.15. The minimum atomic E-state index is 0.0711. The van der Waals surface area contributed by atoms with Crippen molar-refractivity contribution in [1.82, 2.24) is 10.3 Å². The molecule has 0 amide bonds. The largest absolute Gasteiger partial charge is 0.508 e. The summed E-state index contributed by atoms with van der Waals surface area (Å²) in [5, 5.41) is 25.0. The van der Waals surface area contributed by atoms with Gasteiger partial charge in [0.15, 0.2) is 0 Å². The van der Waals surface area contributed by atoms with E-state index in [0.717, 1.165) is 16.3 Å². The van der Waals surface area contributed by atoms with Gasteiger partial charge in [0.2, 0.25) is 0 Å². The molecule has 0 aliphatic carbocycles. The van der Waals surface area contributed by atoms with Crippen molar-refractivity contribution in [3.8, 4) is 11.5 Å². The van der Waals surface area contributed by atoms with E-state index in [-0.39, 0.29) is 11.5 Å². The molecule has 0 atom stereocenters. The summed E-state index contributed by atoms with van der Waals surface area (Å²) in [6.45, 7) is 3.19. The standard InChI is InChI=1S/C12H14N2O2S/c1-8-7-17-12(14-8)6-13-5-9-2-3-10(15)4-11(9)16/h2-4,7,13,15-16H,5-6H2,1H3. The van der Waals surface area contributed by atoms with Gasteiger partial charge >= 0.3 is 0 Å². The van der Waals surface area contributed by atoms with E-state index >= 15 is 0 Å². The summed E-state index contributed by atoms with van der Waals surface area (Å²) in [6.07, 6.45) is 0. The highest BCUT2D eigenvalue weighted by Gasteiger charge is 2.03. The zero-order valence-corrected chi connectivity index (χ0v) is 10.3. The minimum absolute atomic E-state index is 0.0711. The average molecular weight is 250 g/mol. The molecule has 2 rings (SSSR count). The van der Waals surface area contributed by atoms with E-state index in [1.165, 1.54) is 6.07 Å². The van der Waals surface area contributed by atoms with Gasteiger partial charge in [0.05, 0.1) is 0 Å². The Hall–Kier alpha value is -1.59. The molecule has 90 valence electrons. The van der Waals surface area contributed by atoms with E-state index in [0.29, 0.717) is 13.1 Å². The fourth-order valence-electron chi connectivity index (χ4n) is 1.49. The topological polar surface area (TPSA) is 65.4 Å². The molecule has 0 saturated carbocycles. The van der Waals surface area contributed by atoms with Crippen molar-refractivity contribution >= 4 is 11.3 Å². The van der Waals surface area contributed by atoms with Crippen LogP contribution in [0.15, 0.2) is 23.6 Å². The van der Waals surface area contributed by atoms with Gasteiger partial charge in [-0.2, -0.15) is 0 Å². The van der Waals surface area contributed by atoms with Crippen LogP contribution in [0.4, 0.5) is 0 Å². The average Bonchev–Trinajstić information content (AvgIpc) is 2.68. The summed E-state index contributed by atoms with van der Waals surface area (Å²) in [5.41, 5.74) is 1.79. The number of nitrogens with zero attached hydrogens (tertiary/aromatic N) is 1. The lowest BCUT2D eigenvalue weighted by Gasteiger charge is -2.05. The molecular weight excluding hydrogens is 236 g/mol. The Bertz CT molecular complexity index is 511. The zero-order valence-electron chi connectivity index (χ0n) is 9.47. The number of aromatic hydroxyl groups is 2. The summed E-state index contributed by atoms with van der Waals surface area (Å²) in [6, 6.07) is 4.60. The molecule has 0 aliphatic heterocycles. The van der Waals surface area contributed by atoms with Gasteiger partial charge in [-0.15, -0.1) is 11.3 Å². The third-order valence-corrected chi connectivity index (χ3v) is 3.29. The Morgan fingerprint density at radius 2 is 2.12 bits per heavy atom. The maximum atomic E-state index is 9.58. The predicted octanol–water partition coefficient (Wildman–Crippen LogP) is 2.15. The molecule has 0 spiro atoms. The Balaban J connectivity index is 1.90. The van der Waals surface area contributed by atoms with Crippen molar-refractivity contribution < 1.29 is 10.2 Å². The lowest BCUT2D eigenvalue weighted by molar-refractivity contribution is 0.443. The number of benzene rings is 1. The minimum Gasteiger partial charge on any atom is -0.508 e. The first kappa shape index (κ1) is 11.9. The third-order valence-electron chi connectivity index (χ3n) is 2.33. The van der Waals surface area contributed by atoms with Crippen molar-refractivity contribution in [1.29, 1.82) is 0 Å². The van der Waals surface area contributed by atoms with E-state index in [9.17, 15) is 5.11 Å². The Morgan fingerprint density at radius 1 is 1.29 bits per heavy atom. The van der Waals surface area contributed by atoms with Crippen LogP contribution in [0.3, 0.4) is 0 Å². The van der Waals surface area contributed by atoms with E-state index < -0.39 is 0 Å². The third kappa shape index (κ3) is 3.18. The SMILES string of the molecule is Cc1csc(CNCc2ccc(O)cc2O)n1. The maximum Gasteiger partial charge on any atom is 0.123 e. The molecule has 0 aliphatic rings. The zero-order chi connectivity index (χ0) is 12.3. The van der Waals surface area contributed by atoms with Gasteiger partial charge in [-0.05, 0) is 13.0 Å². The highest BCUT2D eigenvalue weighted by atomic mass is 32.1. The second-order valence-corrected chi connectivity index (χ2v) is 4.74. The Morgan fingerprint density at radius 3 is 2.76 bits per heavy atom. The number of phenols is 2. The van der Waals surface area contributed by atoms with Gasteiger partial charge in [0, 0.05) is 35.8 Å². The lowest BCUT2D eigenvalue weighted by atomic mass is 10.2.